The highest BCUT2D eigenvalue weighted by molar-refractivity contribution is 6.67. The molecule has 0 aliphatic carbocycles. The standard InChI is InChI=1S/C7H7ClO3/c1-3-6(9)11-4-5(2)7(8)10/h3-4H,1H2,2H3. The molecule has 11 heavy (non-hydrogen) atoms. The van der Waals surface area contributed by atoms with E-state index in [1.807, 2.05) is 0 Å². The van der Waals surface area contributed by atoms with E-state index in [0.29, 0.717) is 0 Å². The second kappa shape index (κ2) is 4.68. The summed E-state index contributed by atoms with van der Waals surface area (Å²) in [6.07, 6.45) is 1.97. The fraction of sp³-hybridized carbons (Fsp3) is 0.143. The van der Waals surface area contributed by atoms with Crippen LogP contribution in [0.4, 0.5) is 0 Å². The molecule has 0 N–H and O–H groups in total. The highest BCUT2D eigenvalue weighted by Gasteiger charge is 1.99. The summed E-state index contributed by atoms with van der Waals surface area (Å²) in [5.41, 5.74) is 0.168. The lowest BCUT2D eigenvalue weighted by atomic mass is 10.4. The van der Waals surface area contributed by atoms with E-state index in [2.05, 4.69) is 11.3 Å². The smallest absolute Gasteiger partial charge is 0.334 e. The highest BCUT2D eigenvalue weighted by Crippen LogP contribution is 1.98. The van der Waals surface area contributed by atoms with Crippen LogP contribution in [-0.4, -0.2) is 11.2 Å². The zero-order chi connectivity index (χ0) is 8.85. The average molecular weight is 175 g/mol. The van der Waals surface area contributed by atoms with Gasteiger partial charge in [0, 0.05) is 11.6 Å². The normalized spacial score (nSPS) is 10.5. The first-order valence-electron chi connectivity index (χ1n) is 2.77. The molecular formula is C7H7ClO3. The molecule has 3 nitrogen and oxygen atoms in total. The molecule has 0 atom stereocenters. The van der Waals surface area contributed by atoms with Gasteiger partial charge < -0.3 is 4.74 Å². The summed E-state index contributed by atoms with van der Waals surface area (Å²) >= 11 is 5.03. The van der Waals surface area contributed by atoms with E-state index in [0.717, 1.165) is 12.3 Å². The fourth-order valence-electron chi connectivity index (χ4n) is 0.241. The lowest BCUT2D eigenvalue weighted by molar-refractivity contribution is -0.132. The third kappa shape index (κ3) is 4.33. The van der Waals surface area contributed by atoms with E-state index >= 15 is 0 Å². The molecule has 0 aliphatic rings. The predicted molar refractivity (Wildman–Crippen MR) is 40.9 cm³/mol. The molecule has 0 amide bonds. The van der Waals surface area contributed by atoms with E-state index in [1.54, 1.807) is 0 Å². The molecule has 4 heteroatoms. The van der Waals surface area contributed by atoms with E-state index in [1.165, 1.54) is 6.92 Å². The first-order valence-corrected chi connectivity index (χ1v) is 3.15. The number of rotatable bonds is 3. The van der Waals surface area contributed by atoms with E-state index in [-0.39, 0.29) is 5.57 Å². The van der Waals surface area contributed by atoms with Crippen LogP contribution in [0.2, 0.25) is 0 Å². The van der Waals surface area contributed by atoms with Crippen molar-refractivity contribution in [3.05, 3.63) is 24.5 Å². The van der Waals surface area contributed by atoms with Crippen LogP contribution >= 0.6 is 11.6 Å². The molecule has 0 unspecified atom stereocenters. The largest absolute Gasteiger partial charge is 0.431 e. The van der Waals surface area contributed by atoms with Gasteiger partial charge in [-0.2, -0.15) is 0 Å². The number of carbonyl (C=O) groups excluding carboxylic acids is 2. The van der Waals surface area contributed by atoms with Crippen molar-refractivity contribution in [3.63, 3.8) is 0 Å². The molecule has 0 spiro atoms. The van der Waals surface area contributed by atoms with Crippen molar-refractivity contribution in [1.82, 2.24) is 0 Å². The van der Waals surface area contributed by atoms with Gasteiger partial charge in [0.2, 0.25) is 0 Å². The second-order valence-corrected chi connectivity index (χ2v) is 2.06. The third-order valence-corrected chi connectivity index (χ3v) is 1.13. The van der Waals surface area contributed by atoms with Crippen LogP contribution in [0.15, 0.2) is 24.5 Å². The number of ether oxygens (including phenoxy) is 1. The van der Waals surface area contributed by atoms with Crippen LogP contribution in [0, 0.1) is 0 Å². The zero-order valence-corrected chi connectivity index (χ0v) is 6.72. The average Bonchev–Trinajstić information content (AvgIpc) is 1.99. The minimum absolute atomic E-state index is 0.168. The summed E-state index contributed by atoms with van der Waals surface area (Å²) in [7, 11) is 0. The van der Waals surface area contributed by atoms with Gasteiger partial charge in [-0.05, 0) is 18.5 Å². The molecule has 0 heterocycles. The van der Waals surface area contributed by atoms with E-state index < -0.39 is 11.2 Å². The quantitative estimate of drug-likeness (QED) is 0.281. The Labute approximate surface area is 69.3 Å². The first kappa shape index (κ1) is 9.91. The van der Waals surface area contributed by atoms with E-state index in [4.69, 9.17) is 11.6 Å². The van der Waals surface area contributed by atoms with Gasteiger partial charge in [0.15, 0.2) is 0 Å². The molecule has 0 aromatic carbocycles. The third-order valence-electron chi connectivity index (χ3n) is 0.829. The number of allylic oxidation sites excluding steroid dienone is 1. The van der Waals surface area contributed by atoms with Crippen molar-refractivity contribution >= 4 is 22.8 Å². The maximum atomic E-state index is 10.4. The summed E-state index contributed by atoms with van der Waals surface area (Å²) in [4.78, 5) is 20.7. The van der Waals surface area contributed by atoms with Gasteiger partial charge in [0.1, 0.15) is 6.26 Å². The van der Waals surface area contributed by atoms with Crippen molar-refractivity contribution in [2.75, 3.05) is 0 Å². The molecule has 60 valence electrons. The predicted octanol–water partition coefficient (Wildman–Crippen LogP) is 1.38. The number of halogens is 1. The molecule has 0 aromatic heterocycles. The van der Waals surface area contributed by atoms with Crippen LogP contribution in [0.5, 0.6) is 0 Å². The van der Waals surface area contributed by atoms with Gasteiger partial charge in [-0.3, -0.25) is 4.79 Å². The minimum Gasteiger partial charge on any atom is -0.431 e. The van der Waals surface area contributed by atoms with Gasteiger partial charge in [0.05, 0.1) is 0 Å². The lowest BCUT2D eigenvalue weighted by Crippen LogP contribution is -1.96. The zero-order valence-electron chi connectivity index (χ0n) is 5.96. The monoisotopic (exact) mass is 174 g/mol. The molecule has 0 rings (SSSR count). The summed E-state index contributed by atoms with van der Waals surface area (Å²) in [5, 5.41) is -0.651. The summed E-state index contributed by atoms with van der Waals surface area (Å²) < 4.78 is 4.39. The van der Waals surface area contributed by atoms with Crippen LogP contribution in [0.25, 0.3) is 0 Å². The molecule has 0 fully saturated rings. The van der Waals surface area contributed by atoms with Gasteiger partial charge >= 0.3 is 5.97 Å². The number of carbonyl (C=O) groups is 2. The Morgan fingerprint density at radius 1 is 1.55 bits per heavy atom. The van der Waals surface area contributed by atoms with Crippen LogP contribution in [0.1, 0.15) is 6.92 Å². The number of hydrogen-bond donors (Lipinski definition) is 0. The van der Waals surface area contributed by atoms with Crippen molar-refractivity contribution in [2.24, 2.45) is 0 Å². The maximum absolute atomic E-state index is 10.4. The summed E-state index contributed by atoms with van der Waals surface area (Å²) in [5.74, 6) is -0.623. The Morgan fingerprint density at radius 3 is 2.45 bits per heavy atom. The number of esters is 1. The molecule has 0 aliphatic heterocycles. The van der Waals surface area contributed by atoms with Crippen LogP contribution < -0.4 is 0 Å². The molecular weight excluding hydrogens is 168 g/mol. The SMILES string of the molecule is C=CC(=O)OC=C(C)C(=O)Cl. The highest BCUT2D eigenvalue weighted by atomic mass is 35.5. The fourth-order valence-corrected chi connectivity index (χ4v) is 0.285. The first-order chi connectivity index (χ1) is 5.07. The van der Waals surface area contributed by atoms with E-state index in [9.17, 15) is 9.59 Å². The van der Waals surface area contributed by atoms with Gasteiger partial charge in [-0.25, -0.2) is 4.79 Å². The van der Waals surface area contributed by atoms with Crippen molar-refractivity contribution in [3.8, 4) is 0 Å². The van der Waals surface area contributed by atoms with Crippen molar-refractivity contribution < 1.29 is 14.3 Å². The van der Waals surface area contributed by atoms with Gasteiger partial charge in [-0.1, -0.05) is 6.58 Å². The molecule has 0 saturated heterocycles. The Kier molecular flexibility index (Phi) is 4.22. The Bertz CT molecular complexity index is 218. The molecule has 0 saturated carbocycles. The van der Waals surface area contributed by atoms with Crippen LogP contribution in [-0.2, 0) is 14.3 Å². The van der Waals surface area contributed by atoms with Gasteiger partial charge in [-0.15, -0.1) is 0 Å². The Hall–Kier alpha value is -1.09. The van der Waals surface area contributed by atoms with Gasteiger partial charge in [0.25, 0.3) is 5.24 Å². The maximum Gasteiger partial charge on any atom is 0.334 e. The summed E-state index contributed by atoms with van der Waals surface area (Å²) in [6.45, 7) is 4.60. The lowest BCUT2D eigenvalue weighted by Gasteiger charge is -1.92. The summed E-state index contributed by atoms with van der Waals surface area (Å²) in [6, 6.07) is 0. The van der Waals surface area contributed by atoms with Crippen molar-refractivity contribution in [1.29, 1.82) is 0 Å². The van der Waals surface area contributed by atoms with Crippen molar-refractivity contribution in [2.45, 2.75) is 6.92 Å². The second-order valence-electron chi connectivity index (χ2n) is 1.72. The molecule has 0 aromatic rings. The topological polar surface area (TPSA) is 43.4 Å². The minimum atomic E-state index is -0.651. The number of hydrogen-bond acceptors (Lipinski definition) is 3. The molecule has 0 bridgehead atoms. The van der Waals surface area contributed by atoms with Crippen LogP contribution in [0.3, 0.4) is 0 Å². The molecule has 0 radical (unpaired) electrons. The Morgan fingerprint density at radius 2 is 2.09 bits per heavy atom. The Balaban J connectivity index is 4.02.